The lowest BCUT2D eigenvalue weighted by atomic mass is 10.3. The Balaban J connectivity index is 1.55. The number of carbonyl (C=O) groups excluding carboxylic acids is 1. The molecule has 0 aromatic carbocycles. The standard InChI is InChI=1S/C15H19N5O2S/c1-19(2)12-8-16-9-13(17-12)22-11-5-6-20(10-11)15(21)18-14-4-3-7-23-14/h3-4,7-9,11H,5-6,10H2,1-2H3,(H,18,21)/t11-/m1/s1. The summed E-state index contributed by atoms with van der Waals surface area (Å²) in [6.07, 6.45) is 4.01. The van der Waals surface area contributed by atoms with Crippen molar-refractivity contribution in [2.75, 3.05) is 37.4 Å². The van der Waals surface area contributed by atoms with Crippen molar-refractivity contribution >= 4 is 28.2 Å². The highest BCUT2D eigenvalue weighted by molar-refractivity contribution is 7.14. The van der Waals surface area contributed by atoms with E-state index in [1.54, 1.807) is 17.3 Å². The van der Waals surface area contributed by atoms with Gasteiger partial charge in [0.15, 0.2) is 5.82 Å². The van der Waals surface area contributed by atoms with E-state index in [4.69, 9.17) is 4.74 Å². The Kier molecular flexibility index (Phi) is 4.61. The molecule has 3 heterocycles. The van der Waals surface area contributed by atoms with Crippen LogP contribution in [0, 0.1) is 0 Å². The molecule has 1 aliphatic heterocycles. The molecule has 1 fully saturated rings. The van der Waals surface area contributed by atoms with Gasteiger partial charge >= 0.3 is 6.03 Å². The van der Waals surface area contributed by atoms with Gasteiger partial charge in [-0.2, -0.15) is 4.98 Å². The number of urea groups is 1. The second kappa shape index (κ2) is 6.82. The Morgan fingerprint density at radius 2 is 2.35 bits per heavy atom. The van der Waals surface area contributed by atoms with Gasteiger partial charge in [0.05, 0.1) is 23.9 Å². The largest absolute Gasteiger partial charge is 0.471 e. The molecule has 1 N–H and O–H groups in total. The van der Waals surface area contributed by atoms with E-state index < -0.39 is 0 Å². The van der Waals surface area contributed by atoms with Crippen molar-refractivity contribution in [2.24, 2.45) is 0 Å². The minimum absolute atomic E-state index is 0.0594. The summed E-state index contributed by atoms with van der Waals surface area (Å²) in [4.78, 5) is 24.3. The average molecular weight is 333 g/mol. The van der Waals surface area contributed by atoms with E-state index in [1.165, 1.54) is 11.3 Å². The van der Waals surface area contributed by atoms with E-state index in [0.29, 0.717) is 19.0 Å². The molecule has 3 rings (SSSR count). The maximum Gasteiger partial charge on any atom is 0.322 e. The molecule has 0 aliphatic carbocycles. The highest BCUT2D eigenvalue weighted by atomic mass is 32.1. The molecule has 0 bridgehead atoms. The number of rotatable bonds is 4. The highest BCUT2D eigenvalue weighted by Gasteiger charge is 2.28. The Labute approximate surface area is 138 Å². The van der Waals surface area contributed by atoms with Gasteiger partial charge in [0, 0.05) is 27.1 Å². The molecule has 1 aliphatic rings. The third kappa shape index (κ3) is 3.89. The number of likely N-dealkylation sites (tertiary alicyclic amines) is 1. The summed E-state index contributed by atoms with van der Waals surface area (Å²) in [5.74, 6) is 1.23. The molecular formula is C15H19N5O2S. The highest BCUT2D eigenvalue weighted by Crippen LogP contribution is 2.20. The molecule has 8 heteroatoms. The Hall–Kier alpha value is -2.35. The lowest BCUT2D eigenvalue weighted by molar-refractivity contribution is 0.189. The summed E-state index contributed by atoms with van der Waals surface area (Å²) < 4.78 is 5.86. The van der Waals surface area contributed by atoms with E-state index in [1.807, 2.05) is 36.5 Å². The summed E-state index contributed by atoms with van der Waals surface area (Å²) in [7, 11) is 3.81. The first-order valence-electron chi connectivity index (χ1n) is 7.37. The number of hydrogen-bond acceptors (Lipinski definition) is 6. The number of amides is 2. The van der Waals surface area contributed by atoms with Gasteiger partial charge < -0.3 is 14.5 Å². The number of nitrogens with zero attached hydrogens (tertiary/aromatic N) is 4. The smallest absolute Gasteiger partial charge is 0.322 e. The number of carbonyl (C=O) groups is 1. The molecule has 0 unspecified atom stereocenters. The molecule has 0 saturated carbocycles. The van der Waals surface area contributed by atoms with Gasteiger partial charge in [-0.05, 0) is 17.5 Å². The first-order valence-corrected chi connectivity index (χ1v) is 8.25. The van der Waals surface area contributed by atoms with Crippen LogP contribution in [0.4, 0.5) is 15.6 Å². The number of ether oxygens (including phenoxy) is 1. The van der Waals surface area contributed by atoms with E-state index in [-0.39, 0.29) is 12.1 Å². The van der Waals surface area contributed by atoms with E-state index >= 15 is 0 Å². The number of nitrogens with one attached hydrogen (secondary N) is 1. The monoisotopic (exact) mass is 333 g/mol. The predicted octanol–water partition coefficient (Wildman–Crippen LogP) is 2.29. The van der Waals surface area contributed by atoms with Crippen LogP contribution in [0.5, 0.6) is 5.88 Å². The van der Waals surface area contributed by atoms with Crippen LogP contribution in [0.1, 0.15) is 6.42 Å². The minimum atomic E-state index is -0.0910. The fourth-order valence-electron chi connectivity index (χ4n) is 2.32. The second-order valence-corrected chi connectivity index (χ2v) is 6.44. The molecule has 1 saturated heterocycles. The summed E-state index contributed by atoms with van der Waals surface area (Å²) >= 11 is 1.50. The molecule has 0 spiro atoms. The van der Waals surface area contributed by atoms with E-state index in [9.17, 15) is 4.79 Å². The lowest BCUT2D eigenvalue weighted by Gasteiger charge is -2.17. The molecule has 7 nitrogen and oxygen atoms in total. The van der Waals surface area contributed by atoms with Crippen LogP contribution in [0.15, 0.2) is 29.9 Å². The van der Waals surface area contributed by atoms with Crippen molar-refractivity contribution in [1.29, 1.82) is 0 Å². The molecule has 2 aromatic rings. The van der Waals surface area contributed by atoms with Crippen molar-refractivity contribution in [3.05, 3.63) is 29.9 Å². The summed E-state index contributed by atoms with van der Waals surface area (Å²) in [6.45, 7) is 1.22. The summed E-state index contributed by atoms with van der Waals surface area (Å²) in [6, 6.07) is 3.70. The predicted molar refractivity (Wildman–Crippen MR) is 90.3 cm³/mol. The van der Waals surface area contributed by atoms with Gasteiger partial charge in [-0.1, -0.05) is 0 Å². The van der Waals surface area contributed by atoms with Crippen LogP contribution in [0.25, 0.3) is 0 Å². The maximum atomic E-state index is 12.2. The van der Waals surface area contributed by atoms with Crippen LogP contribution in [0.3, 0.4) is 0 Å². The lowest BCUT2D eigenvalue weighted by Crippen LogP contribution is -2.34. The first kappa shape index (κ1) is 15.5. The van der Waals surface area contributed by atoms with Crippen molar-refractivity contribution in [3.8, 4) is 5.88 Å². The van der Waals surface area contributed by atoms with Crippen molar-refractivity contribution in [2.45, 2.75) is 12.5 Å². The Morgan fingerprint density at radius 1 is 1.48 bits per heavy atom. The average Bonchev–Trinajstić information content (AvgIpc) is 3.19. The first-order chi connectivity index (χ1) is 11.1. The summed E-state index contributed by atoms with van der Waals surface area (Å²) in [5.41, 5.74) is 0. The molecule has 2 amide bonds. The van der Waals surface area contributed by atoms with Gasteiger partial charge in [0.1, 0.15) is 6.10 Å². The molecule has 122 valence electrons. The Morgan fingerprint density at radius 3 is 3.09 bits per heavy atom. The molecule has 0 radical (unpaired) electrons. The Bertz CT molecular complexity index is 662. The van der Waals surface area contributed by atoms with Crippen LogP contribution in [-0.2, 0) is 0 Å². The minimum Gasteiger partial charge on any atom is -0.471 e. The van der Waals surface area contributed by atoms with Crippen LogP contribution in [0.2, 0.25) is 0 Å². The fourth-order valence-corrected chi connectivity index (χ4v) is 2.93. The van der Waals surface area contributed by atoms with Gasteiger partial charge in [0.2, 0.25) is 5.88 Å². The second-order valence-electron chi connectivity index (χ2n) is 5.49. The quantitative estimate of drug-likeness (QED) is 0.929. The van der Waals surface area contributed by atoms with E-state index in [0.717, 1.165) is 17.2 Å². The number of hydrogen-bond donors (Lipinski definition) is 1. The molecule has 2 aromatic heterocycles. The molecule has 1 atom stereocenters. The zero-order chi connectivity index (χ0) is 16.2. The number of thiophene rings is 1. The molecular weight excluding hydrogens is 314 g/mol. The van der Waals surface area contributed by atoms with Crippen molar-refractivity contribution in [1.82, 2.24) is 14.9 Å². The van der Waals surface area contributed by atoms with Crippen LogP contribution < -0.4 is 15.0 Å². The SMILES string of the molecule is CN(C)c1cncc(O[C@@H]2CCN(C(=O)Nc3cccs3)C2)n1. The topological polar surface area (TPSA) is 70.6 Å². The van der Waals surface area contributed by atoms with Gasteiger partial charge in [-0.15, -0.1) is 11.3 Å². The third-order valence-electron chi connectivity index (χ3n) is 3.53. The summed E-state index contributed by atoms with van der Waals surface area (Å²) in [5, 5.41) is 5.67. The third-order valence-corrected chi connectivity index (χ3v) is 4.31. The van der Waals surface area contributed by atoms with Gasteiger partial charge in [-0.3, -0.25) is 10.3 Å². The molecule has 23 heavy (non-hydrogen) atoms. The number of aromatic nitrogens is 2. The van der Waals surface area contributed by atoms with Gasteiger partial charge in [0.25, 0.3) is 0 Å². The van der Waals surface area contributed by atoms with Crippen LogP contribution >= 0.6 is 11.3 Å². The maximum absolute atomic E-state index is 12.2. The van der Waals surface area contributed by atoms with Gasteiger partial charge in [-0.25, -0.2) is 4.79 Å². The normalized spacial score (nSPS) is 17.1. The van der Waals surface area contributed by atoms with E-state index in [2.05, 4.69) is 15.3 Å². The zero-order valence-electron chi connectivity index (χ0n) is 13.1. The number of anilines is 2. The van der Waals surface area contributed by atoms with Crippen molar-refractivity contribution in [3.63, 3.8) is 0 Å². The van der Waals surface area contributed by atoms with Crippen molar-refractivity contribution < 1.29 is 9.53 Å². The van der Waals surface area contributed by atoms with Crippen LogP contribution in [-0.4, -0.2) is 54.2 Å². The zero-order valence-corrected chi connectivity index (χ0v) is 13.9. The fraction of sp³-hybridized carbons (Fsp3) is 0.400.